The third-order valence-electron chi connectivity index (χ3n) is 2.87. The molecule has 0 bridgehead atoms. The second kappa shape index (κ2) is 6.50. The monoisotopic (exact) mass is 384 g/mol. The number of ether oxygens (including phenoxy) is 1. The number of ketones is 1. The van der Waals surface area contributed by atoms with Gasteiger partial charge in [0.2, 0.25) is 0 Å². The van der Waals surface area contributed by atoms with Gasteiger partial charge >= 0.3 is 10.1 Å². The first kappa shape index (κ1) is 16.5. The van der Waals surface area contributed by atoms with E-state index in [4.69, 9.17) is 8.92 Å². The van der Waals surface area contributed by atoms with E-state index in [0.717, 1.165) is 0 Å². The molecule has 0 saturated carbocycles. The van der Waals surface area contributed by atoms with E-state index in [1.165, 1.54) is 32.2 Å². The summed E-state index contributed by atoms with van der Waals surface area (Å²) in [7, 11) is -2.64. The number of carbonyl (C=O) groups is 1. The first-order valence-electron chi connectivity index (χ1n) is 6.23. The number of methoxy groups -OCH3 is 1. The molecule has 0 aliphatic rings. The standard InChI is InChI=1S/C15H13BrO5S/c1-10(17)12-8-7-11(20-2)9-14(12)21-22(18,19)15-6-4-3-5-13(15)16/h3-9H,1-2H3. The van der Waals surface area contributed by atoms with Crippen LogP contribution in [-0.2, 0) is 10.1 Å². The Balaban J connectivity index is 2.50. The molecule has 116 valence electrons. The number of hydrogen-bond donors (Lipinski definition) is 0. The van der Waals surface area contributed by atoms with E-state index in [9.17, 15) is 13.2 Å². The molecule has 0 atom stereocenters. The summed E-state index contributed by atoms with van der Waals surface area (Å²) in [5.41, 5.74) is 0.163. The second-order valence-corrected chi connectivity index (χ2v) is 6.76. The third kappa shape index (κ3) is 3.48. The Morgan fingerprint density at radius 2 is 1.82 bits per heavy atom. The van der Waals surface area contributed by atoms with Gasteiger partial charge in [0.15, 0.2) is 11.5 Å². The summed E-state index contributed by atoms with van der Waals surface area (Å²) in [6.45, 7) is 1.33. The van der Waals surface area contributed by atoms with Crippen molar-refractivity contribution in [3.8, 4) is 11.5 Å². The summed E-state index contributed by atoms with van der Waals surface area (Å²) in [6, 6.07) is 10.7. The van der Waals surface area contributed by atoms with Crippen LogP contribution in [0.25, 0.3) is 0 Å². The molecule has 2 aromatic rings. The highest BCUT2D eigenvalue weighted by molar-refractivity contribution is 9.10. The van der Waals surface area contributed by atoms with Crippen molar-refractivity contribution in [2.45, 2.75) is 11.8 Å². The maximum absolute atomic E-state index is 12.4. The minimum Gasteiger partial charge on any atom is -0.497 e. The van der Waals surface area contributed by atoms with Crippen molar-refractivity contribution in [3.63, 3.8) is 0 Å². The Morgan fingerprint density at radius 3 is 2.41 bits per heavy atom. The Hall–Kier alpha value is -1.86. The highest BCUT2D eigenvalue weighted by atomic mass is 79.9. The van der Waals surface area contributed by atoms with Gasteiger partial charge in [-0.15, -0.1) is 0 Å². The Kier molecular flexibility index (Phi) is 4.87. The Morgan fingerprint density at radius 1 is 1.14 bits per heavy atom. The molecule has 0 saturated heterocycles. The van der Waals surface area contributed by atoms with Crippen LogP contribution >= 0.6 is 15.9 Å². The molecule has 0 aromatic heterocycles. The zero-order valence-electron chi connectivity index (χ0n) is 11.9. The summed E-state index contributed by atoms with van der Waals surface area (Å²) in [6.07, 6.45) is 0. The Bertz CT molecular complexity index is 814. The normalized spacial score (nSPS) is 11.0. The maximum Gasteiger partial charge on any atom is 0.340 e. The largest absolute Gasteiger partial charge is 0.497 e. The van der Waals surface area contributed by atoms with E-state index in [2.05, 4.69) is 15.9 Å². The van der Waals surface area contributed by atoms with Gasteiger partial charge in [-0.3, -0.25) is 4.79 Å². The van der Waals surface area contributed by atoms with Crippen molar-refractivity contribution in [1.82, 2.24) is 0 Å². The van der Waals surface area contributed by atoms with E-state index < -0.39 is 10.1 Å². The molecule has 0 radical (unpaired) electrons. The lowest BCUT2D eigenvalue weighted by Gasteiger charge is -2.12. The van der Waals surface area contributed by atoms with Crippen LogP contribution in [0.15, 0.2) is 51.8 Å². The predicted molar refractivity (Wildman–Crippen MR) is 85.0 cm³/mol. The first-order valence-corrected chi connectivity index (χ1v) is 8.43. The van der Waals surface area contributed by atoms with E-state index in [1.54, 1.807) is 24.3 Å². The minimum atomic E-state index is -4.08. The molecule has 2 rings (SSSR count). The number of hydrogen-bond acceptors (Lipinski definition) is 5. The van der Waals surface area contributed by atoms with Gasteiger partial charge in [0, 0.05) is 10.5 Å². The molecule has 0 fully saturated rings. The molecular formula is C15H13BrO5S. The molecule has 22 heavy (non-hydrogen) atoms. The van der Waals surface area contributed by atoms with Gasteiger partial charge in [0.1, 0.15) is 10.6 Å². The minimum absolute atomic E-state index is 0.0210. The topological polar surface area (TPSA) is 69.7 Å². The van der Waals surface area contributed by atoms with Crippen molar-refractivity contribution in [3.05, 3.63) is 52.5 Å². The lowest BCUT2D eigenvalue weighted by Crippen LogP contribution is -2.12. The highest BCUT2D eigenvalue weighted by Gasteiger charge is 2.22. The molecule has 0 heterocycles. The lowest BCUT2D eigenvalue weighted by atomic mass is 10.1. The van der Waals surface area contributed by atoms with Crippen molar-refractivity contribution < 1.29 is 22.1 Å². The zero-order chi connectivity index (χ0) is 16.3. The summed E-state index contributed by atoms with van der Waals surface area (Å²) >= 11 is 3.17. The fraction of sp³-hybridized carbons (Fsp3) is 0.133. The molecule has 0 aliphatic carbocycles. The van der Waals surface area contributed by atoms with Crippen LogP contribution < -0.4 is 8.92 Å². The molecule has 2 aromatic carbocycles. The molecule has 0 aliphatic heterocycles. The van der Waals surface area contributed by atoms with Crippen LogP contribution in [0.4, 0.5) is 0 Å². The fourth-order valence-corrected chi connectivity index (χ4v) is 3.70. The summed E-state index contributed by atoms with van der Waals surface area (Å²) in [5.74, 6) is 0.0184. The maximum atomic E-state index is 12.4. The van der Waals surface area contributed by atoms with Crippen molar-refractivity contribution >= 4 is 31.8 Å². The molecular weight excluding hydrogens is 372 g/mol. The second-order valence-electron chi connectivity index (χ2n) is 4.39. The number of benzene rings is 2. The Labute approximate surface area is 137 Å². The van der Waals surface area contributed by atoms with Crippen molar-refractivity contribution in [1.29, 1.82) is 0 Å². The third-order valence-corrected chi connectivity index (χ3v) is 5.12. The highest BCUT2D eigenvalue weighted by Crippen LogP contribution is 2.30. The van der Waals surface area contributed by atoms with Crippen LogP contribution in [0, 0.1) is 0 Å². The number of carbonyl (C=O) groups excluding carboxylic acids is 1. The smallest absolute Gasteiger partial charge is 0.340 e. The van der Waals surface area contributed by atoms with Crippen LogP contribution in [0.5, 0.6) is 11.5 Å². The van der Waals surface area contributed by atoms with Crippen LogP contribution in [0.1, 0.15) is 17.3 Å². The average Bonchev–Trinajstić information content (AvgIpc) is 2.46. The lowest BCUT2D eigenvalue weighted by molar-refractivity contribution is 0.101. The van der Waals surface area contributed by atoms with Crippen LogP contribution in [0.3, 0.4) is 0 Å². The van der Waals surface area contributed by atoms with E-state index in [0.29, 0.717) is 10.2 Å². The summed E-state index contributed by atoms with van der Waals surface area (Å²) in [4.78, 5) is 11.6. The number of halogens is 1. The van der Waals surface area contributed by atoms with E-state index in [1.807, 2.05) is 0 Å². The average molecular weight is 385 g/mol. The molecule has 0 N–H and O–H groups in total. The quantitative estimate of drug-likeness (QED) is 0.583. The molecule has 7 heteroatoms. The van der Waals surface area contributed by atoms with Gasteiger partial charge in [-0.1, -0.05) is 12.1 Å². The molecule has 0 spiro atoms. The van der Waals surface area contributed by atoms with Gasteiger partial charge in [-0.2, -0.15) is 8.42 Å². The summed E-state index contributed by atoms with van der Waals surface area (Å²) < 4.78 is 35.3. The molecule has 5 nitrogen and oxygen atoms in total. The SMILES string of the molecule is COc1ccc(C(C)=O)c(OS(=O)(=O)c2ccccc2Br)c1. The zero-order valence-corrected chi connectivity index (χ0v) is 14.3. The van der Waals surface area contributed by atoms with Crippen LogP contribution in [-0.4, -0.2) is 21.3 Å². The summed E-state index contributed by atoms with van der Waals surface area (Å²) in [5, 5.41) is 0. The van der Waals surface area contributed by atoms with E-state index in [-0.39, 0.29) is 22.0 Å². The number of rotatable bonds is 5. The van der Waals surface area contributed by atoms with Crippen LogP contribution in [0.2, 0.25) is 0 Å². The first-order chi connectivity index (χ1) is 10.3. The van der Waals surface area contributed by atoms with Gasteiger partial charge in [0.05, 0.1) is 12.7 Å². The van der Waals surface area contributed by atoms with Gasteiger partial charge in [0.25, 0.3) is 0 Å². The molecule has 0 unspecified atom stereocenters. The van der Waals surface area contributed by atoms with Gasteiger partial charge < -0.3 is 8.92 Å². The number of Topliss-reactive ketones (excluding diaryl/α,β-unsaturated/α-hetero) is 1. The molecule has 0 amide bonds. The predicted octanol–water partition coefficient (Wildman–Crippen LogP) is 3.43. The fourth-order valence-electron chi connectivity index (χ4n) is 1.80. The van der Waals surface area contributed by atoms with Gasteiger partial charge in [-0.05, 0) is 47.1 Å². The van der Waals surface area contributed by atoms with Gasteiger partial charge in [-0.25, -0.2) is 0 Å². The van der Waals surface area contributed by atoms with Crippen molar-refractivity contribution in [2.24, 2.45) is 0 Å². The van der Waals surface area contributed by atoms with E-state index >= 15 is 0 Å². The van der Waals surface area contributed by atoms with Crippen molar-refractivity contribution in [2.75, 3.05) is 7.11 Å².